The number of nitrogens with zero attached hydrogens (tertiary/aromatic N) is 1. The highest BCUT2D eigenvalue weighted by Crippen LogP contribution is 2.18. The highest BCUT2D eigenvalue weighted by atomic mass is 16.5. The van der Waals surface area contributed by atoms with Gasteiger partial charge in [0.1, 0.15) is 5.75 Å². The molecule has 0 bridgehead atoms. The molecule has 1 unspecified atom stereocenters. The van der Waals surface area contributed by atoms with Gasteiger partial charge in [-0.15, -0.1) is 0 Å². The molecule has 1 atom stereocenters. The highest BCUT2D eigenvalue weighted by Gasteiger charge is 2.26. The van der Waals surface area contributed by atoms with Crippen molar-refractivity contribution < 1.29 is 14.3 Å². The lowest BCUT2D eigenvalue weighted by Crippen LogP contribution is -2.44. The van der Waals surface area contributed by atoms with Crippen molar-refractivity contribution in [3.8, 4) is 5.75 Å². The van der Waals surface area contributed by atoms with Gasteiger partial charge < -0.3 is 10.1 Å². The van der Waals surface area contributed by atoms with Crippen LogP contribution in [0.15, 0.2) is 24.3 Å². The van der Waals surface area contributed by atoms with Crippen LogP contribution < -0.4 is 10.1 Å². The second kappa shape index (κ2) is 7.22. The minimum Gasteiger partial charge on any atom is -0.497 e. The molecule has 5 heteroatoms. The van der Waals surface area contributed by atoms with Gasteiger partial charge in [-0.3, -0.25) is 14.5 Å². The van der Waals surface area contributed by atoms with E-state index in [9.17, 15) is 9.59 Å². The zero-order valence-electron chi connectivity index (χ0n) is 12.6. The molecule has 0 spiro atoms. The number of ketones is 1. The second-order valence-corrected chi connectivity index (χ2v) is 5.34. The van der Waals surface area contributed by atoms with Crippen LogP contribution in [-0.4, -0.2) is 50.4 Å². The molecule has 2 rings (SSSR count). The van der Waals surface area contributed by atoms with Crippen LogP contribution in [0, 0.1) is 5.92 Å². The van der Waals surface area contributed by atoms with Crippen molar-refractivity contribution in [2.75, 3.05) is 33.8 Å². The van der Waals surface area contributed by atoms with Crippen LogP contribution in [-0.2, 0) is 4.79 Å². The number of hydrogen-bond acceptors (Lipinski definition) is 4. The summed E-state index contributed by atoms with van der Waals surface area (Å²) in [5.74, 6) is 0.796. The van der Waals surface area contributed by atoms with Crippen molar-refractivity contribution in [2.24, 2.45) is 5.92 Å². The molecule has 1 N–H and O–H groups in total. The number of Topliss-reactive ketones (excluding diaryl/α,β-unsaturated/α-hetero) is 1. The molecule has 5 nitrogen and oxygen atoms in total. The van der Waals surface area contributed by atoms with Gasteiger partial charge in [0.05, 0.1) is 19.6 Å². The highest BCUT2D eigenvalue weighted by molar-refractivity contribution is 5.98. The fraction of sp³-hybridized carbons (Fsp3) is 0.500. The van der Waals surface area contributed by atoms with E-state index in [-0.39, 0.29) is 17.6 Å². The van der Waals surface area contributed by atoms with Gasteiger partial charge in [0, 0.05) is 19.2 Å². The predicted octanol–water partition coefficient (Wildman–Crippen LogP) is 1.34. The maximum absolute atomic E-state index is 12.3. The van der Waals surface area contributed by atoms with Crippen LogP contribution in [0.2, 0.25) is 0 Å². The maximum atomic E-state index is 12.3. The lowest BCUT2D eigenvalue weighted by molar-refractivity contribution is -0.126. The summed E-state index contributed by atoms with van der Waals surface area (Å²) in [7, 11) is 3.24. The van der Waals surface area contributed by atoms with Gasteiger partial charge in [-0.1, -0.05) is 12.1 Å². The Morgan fingerprint density at radius 2 is 2.24 bits per heavy atom. The first-order valence-corrected chi connectivity index (χ1v) is 7.25. The molecule has 1 amide bonds. The van der Waals surface area contributed by atoms with Gasteiger partial charge in [0.25, 0.3) is 0 Å². The monoisotopic (exact) mass is 290 g/mol. The van der Waals surface area contributed by atoms with Gasteiger partial charge in [-0.25, -0.2) is 0 Å². The Kier molecular flexibility index (Phi) is 5.33. The minimum atomic E-state index is -0.0122. The topological polar surface area (TPSA) is 58.6 Å². The Balaban J connectivity index is 1.97. The van der Waals surface area contributed by atoms with E-state index in [0.717, 1.165) is 19.4 Å². The van der Waals surface area contributed by atoms with Crippen molar-refractivity contribution in [1.82, 2.24) is 10.2 Å². The number of nitrogens with one attached hydrogen (secondary N) is 1. The van der Waals surface area contributed by atoms with Crippen LogP contribution >= 0.6 is 0 Å². The Hall–Kier alpha value is -1.88. The number of amides is 1. The van der Waals surface area contributed by atoms with Gasteiger partial charge in [-0.05, 0) is 31.5 Å². The quantitative estimate of drug-likeness (QED) is 0.831. The van der Waals surface area contributed by atoms with Crippen molar-refractivity contribution >= 4 is 11.7 Å². The zero-order chi connectivity index (χ0) is 15.2. The van der Waals surface area contributed by atoms with Crippen molar-refractivity contribution in [3.05, 3.63) is 29.8 Å². The summed E-state index contributed by atoms with van der Waals surface area (Å²) in [5.41, 5.74) is 0.649. The first-order valence-electron chi connectivity index (χ1n) is 7.25. The lowest BCUT2D eigenvalue weighted by Gasteiger charge is -2.31. The van der Waals surface area contributed by atoms with Crippen LogP contribution in [0.3, 0.4) is 0 Å². The van der Waals surface area contributed by atoms with E-state index < -0.39 is 0 Å². The van der Waals surface area contributed by atoms with E-state index in [2.05, 4.69) is 10.2 Å². The van der Waals surface area contributed by atoms with Crippen LogP contribution in [0.5, 0.6) is 5.75 Å². The van der Waals surface area contributed by atoms with E-state index in [4.69, 9.17) is 4.74 Å². The normalized spacial score (nSPS) is 19.0. The standard InChI is InChI=1S/C16H22N2O3/c1-17-16(20)13-6-4-8-18(10-13)11-15(19)12-5-3-7-14(9-12)21-2/h3,5,7,9,13H,4,6,8,10-11H2,1-2H3,(H,17,20). The maximum Gasteiger partial charge on any atom is 0.224 e. The zero-order valence-corrected chi connectivity index (χ0v) is 12.6. The summed E-state index contributed by atoms with van der Waals surface area (Å²) in [6.07, 6.45) is 1.84. The largest absolute Gasteiger partial charge is 0.497 e. The van der Waals surface area contributed by atoms with Gasteiger partial charge >= 0.3 is 0 Å². The molecule has 1 aromatic rings. The third-order valence-corrected chi connectivity index (χ3v) is 3.88. The van der Waals surface area contributed by atoms with Crippen LogP contribution in [0.25, 0.3) is 0 Å². The van der Waals surface area contributed by atoms with Gasteiger partial charge in [-0.2, -0.15) is 0 Å². The molecule has 21 heavy (non-hydrogen) atoms. The predicted molar refractivity (Wildman–Crippen MR) is 80.6 cm³/mol. The average Bonchev–Trinajstić information content (AvgIpc) is 2.54. The number of piperidine rings is 1. The molecule has 1 aliphatic heterocycles. The summed E-state index contributed by atoms with van der Waals surface area (Å²) in [4.78, 5) is 26.1. The third-order valence-electron chi connectivity index (χ3n) is 3.88. The van der Waals surface area contributed by atoms with E-state index in [1.807, 2.05) is 12.1 Å². The molecule has 0 aliphatic carbocycles. The number of ether oxygens (including phenoxy) is 1. The summed E-state index contributed by atoms with van der Waals surface area (Å²) >= 11 is 0. The number of carbonyl (C=O) groups excluding carboxylic acids is 2. The third kappa shape index (κ3) is 4.04. The first-order chi connectivity index (χ1) is 10.1. The van der Waals surface area contributed by atoms with E-state index in [1.165, 1.54) is 0 Å². The van der Waals surface area contributed by atoms with E-state index in [0.29, 0.717) is 24.4 Å². The second-order valence-electron chi connectivity index (χ2n) is 5.34. The number of likely N-dealkylation sites (tertiary alicyclic amines) is 1. The fourth-order valence-electron chi connectivity index (χ4n) is 2.71. The fourth-order valence-corrected chi connectivity index (χ4v) is 2.71. The van der Waals surface area contributed by atoms with Crippen LogP contribution in [0.4, 0.5) is 0 Å². The molecule has 1 fully saturated rings. The number of carbonyl (C=O) groups is 2. The van der Waals surface area contributed by atoms with Gasteiger partial charge in [0.2, 0.25) is 5.91 Å². The SMILES string of the molecule is CNC(=O)C1CCCN(CC(=O)c2cccc(OC)c2)C1. The molecule has 1 heterocycles. The molecule has 0 radical (unpaired) electrons. The van der Waals surface area contributed by atoms with Crippen molar-refractivity contribution in [3.63, 3.8) is 0 Å². The molecule has 0 aromatic heterocycles. The average molecular weight is 290 g/mol. The molecule has 114 valence electrons. The molecular weight excluding hydrogens is 268 g/mol. The lowest BCUT2D eigenvalue weighted by atomic mass is 9.96. The minimum absolute atomic E-state index is 0.0122. The van der Waals surface area contributed by atoms with Gasteiger partial charge in [0.15, 0.2) is 5.78 Å². The Bertz CT molecular complexity index is 516. The number of methoxy groups -OCH3 is 1. The van der Waals surface area contributed by atoms with Crippen LogP contribution in [0.1, 0.15) is 23.2 Å². The molecule has 1 aliphatic rings. The summed E-state index contributed by atoms with van der Waals surface area (Å²) < 4.78 is 5.14. The Morgan fingerprint density at radius 1 is 1.43 bits per heavy atom. The number of hydrogen-bond donors (Lipinski definition) is 1. The summed E-state index contributed by atoms with van der Waals surface area (Å²) in [6.45, 7) is 1.86. The van der Waals surface area contributed by atoms with Crippen molar-refractivity contribution in [2.45, 2.75) is 12.8 Å². The summed E-state index contributed by atoms with van der Waals surface area (Å²) in [5, 5.41) is 2.69. The smallest absolute Gasteiger partial charge is 0.224 e. The number of rotatable bonds is 5. The van der Waals surface area contributed by atoms with E-state index in [1.54, 1.807) is 26.3 Å². The van der Waals surface area contributed by atoms with Crippen molar-refractivity contribution in [1.29, 1.82) is 0 Å². The Labute approximate surface area is 125 Å². The molecule has 1 saturated heterocycles. The molecular formula is C16H22N2O3. The Morgan fingerprint density at radius 3 is 2.95 bits per heavy atom. The summed E-state index contributed by atoms with van der Waals surface area (Å²) in [6, 6.07) is 7.18. The van der Waals surface area contributed by atoms with E-state index >= 15 is 0 Å². The number of benzene rings is 1. The first kappa shape index (κ1) is 15.5. The molecule has 1 aromatic carbocycles. The molecule has 0 saturated carbocycles.